The van der Waals surface area contributed by atoms with E-state index >= 15 is 0 Å². The largest absolute Gasteiger partial charge is 0.481 e. The summed E-state index contributed by atoms with van der Waals surface area (Å²) in [5.74, 6) is -0.397. The van der Waals surface area contributed by atoms with E-state index < -0.39 is 18.1 Å². The van der Waals surface area contributed by atoms with Crippen LogP contribution in [0.1, 0.15) is 29.9 Å². The van der Waals surface area contributed by atoms with Gasteiger partial charge in [-0.25, -0.2) is 4.79 Å². The van der Waals surface area contributed by atoms with E-state index in [1.807, 2.05) is 30.5 Å². The van der Waals surface area contributed by atoms with Crippen LogP contribution in [0.15, 0.2) is 48.5 Å². The zero-order valence-electron chi connectivity index (χ0n) is 18.5. The number of alkyl carbamates (subject to hydrolysis) is 1. The van der Waals surface area contributed by atoms with Crippen molar-refractivity contribution in [1.82, 2.24) is 10.2 Å². The number of fused-ring (bicyclic) bond motifs is 3. The second kappa shape index (κ2) is 10.3. The number of nitrogens with zero attached hydrogens (tertiary/aromatic N) is 1. The van der Waals surface area contributed by atoms with Crippen LogP contribution in [0.2, 0.25) is 0 Å². The third-order valence-electron chi connectivity index (χ3n) is 6.28. The molecule has 33 heavy (non-hydrogen) atoms. The van der Waals surface area contributed by atoms with Gasteiger partial charge in [0.1, 0.15) is 12.6 Å². The van der Waals surface area contributed by atoms with Crippen molar-refractivity contribution in [2.75, 3.05) is 31.7 Å². The molecule has 0 spiro atoms. The van der Waals surface area contributed by atoms with Gasteiger partial charge in [0, 0.05) is 24.9 Å². The van der Waals surface area contributed by atoms with E-state index in [1.165, 1.54) is 0 Å². The van der Waals surface area contributed by atoms with Crippen LogP contribution in [0.3, 0.4) is 0 Å². The number of likely N-dealkylation sites (tertiary alicyclic amines) is 1. The summed E-state index contributed by atoms with van der Waals surface area (Å²) >= 11 is 1.60. The Hall–Kier alpha value is -3.00. The lowest BCUT2D eigenvalue weighted by atomic mass is 9.95. The van der Waals surface area contributed by atoms with Gasteiger partial charge in [0.05, 0.1) is 6.42 Å². The molecule has 0 unspecified atom stereocenters. The highest BCUT2D eigenvalue weighted by atomic mass is 32.2. The number of carbonyl (C=O) groups excluding carboxylic acids is 2. The molecule has 1 atom stereocenters. The standard InChI is InChI=1S/C25H28N2O5S/c1-33-11-10-22(24(30)27-13-16(14-27)12-23(28)29)26-25(31)32-15-21-19-8-4-2-6-17(19)18-7-3-5-9-20(18)21/h2-9,16,21-22H,10-15H2,1H3,(H,26,31)(H,28,29)/t22-/m0/s1. The number of carboxylic acids is 1. The predicted octanol–water partition coefficient (Wildman–Crippen LogP) is 3.58. The molecule has 4 rings (SSSR count). The number of nitrogens with one attached hydrogen (secondary N) is 1. The molecule has 1 saturated heterocycles. The van der Waals surface area contributed by atoms with Crippen LogP contribution >= 0.6 is 11.8 Å². The van der Waals surface area contributed by atoms with Crippen molar-refractivity contribution >= 4 is 29.7 Å². The summed E-state index contributed by atoms with van der Waals surface area (Å²) in [7, 11) is 0. The highest BCUT2D eigenvalue weighted by molar-refractivity contribution is 7.98. The molecule has 1 fully saturated rings. The molecule has 2 amide bonds. The molecule has 0 aromatic heterocycles. The van der Waals surface area contributed by atoms with Gasteiger partial charge in [-0.2, -0.15) is 11.8 Å². The van der Waals surface area contributed by atoms with Crippen molar-refractivity contribution in [2.45, 2.75) is 24.8 Å². The SMILES string of the molecule is CSCC[C@H](NC(=O)OCC1c2ccccc2-c2ccccc21)C(=O)N1CC(CC(=O)O)C1. The van der Waals surface area contributed by atoms with Gasteiger partial charge in [-0.1, -0.05) is 48.5 Å². The highest BCUT2D eigenvalue weighted by Gasteiger charge is 2.36. The second-order valence-electron chi connectivity index (χ2n) is 8.51. The Bertz CT molecular complexity index is 991. The molecule has 0 saturated carbocycles. The van der Waals surface area contributed by atoms with E-state index in [0.717, 1.165) is 22.3 Å². The molecule has 0 radical (unpaired) electrons. The van der Waals surface area contributed by atoms with Crippen LogP contribution in [0.25, 0.3) is 11.1 Å². The van der Waals surface area contributed by atoms with Gasteiger partial charge in [0.2, 0.25) is 5.91 Å². The average molecular weight is 469 g/mol. The van der Waals surface area contributed by atoms with E-state index in [4.69, 9.17) is 9.84 Å². The van der Waals surface area contributed by atoms with Gasteiger partial charge in [-0.3, -0.25) is 9.59 Å². The molecule has 7 nitrogen and oxygen atoms in total. The number of aliphatic carboxylic acids is 1. The quantitative estimate of drug-likeness (QED) is 0.584. The number of thioether (sulfide) groups is 1. The molecule has 2 N–H and O–H groups in total. The number of amides is 2. The first-order valence-corrected chi connectivity index (χ1v) is 12.5. The maximum Gasteiger partial charge on any atom is 0.407 e. The number of hydrogen-bond acceptors (Lipinski definition) is 5. The van der Waals surface area contributed by atoms with E-state index in [9.17, 15) is 14.4 Å². The Morgan fingerprint density at radius 3 is 2.27 bits per heavy atom. The molecule has 174 valence electrons. The van der Waals surface area contributed by atoms with Crippen LogP contribution in [0.5, 0.6) is 0 Å². The van der Waals surface area contributed by atoms with Crippen molar-refractivity contribution in [3.63, 3.8) is 0 Å². The summed E-state index contributed by atoms with van der Waals surface area (Å²) in [5, 5.41) is 11.7. The number of ether oxygens (including phenoxy) is 1. The number of hydrogen-bond donors (Lipinski definition) is 2. The van der Waals surface area contributed by atoms with Crippen molar-refractivity contribution in [2.24, 2.45) is 5.92 Å². The maximum absolute atomic E-state index is 12.9. The minimum absolute atomic E-state index is 0.0258. The molecule has 2 aliphatic rings. The maximum atomic E-state index is 12.9. The minimum atomic E-state index is -0.859. The Balaban J connectivity index is 1.36. The first-order valence-electron chi connectivity index (χ1n) is 11.1. The fourth-order valence-electron chi connectivity index (χ4n) is 4.62. The number of rotatable bonds is 9. The molecular weight excluding hydrogens is 440 g/mol. The second-order valence-corrected chi connectivity index (χ2v) is 9.50. The van der Waals surface area contributed by atoms with Gasteiger partial charge >= 0.3 is 12.1 Å². The van der Waals surface area contributed by atoms with Crippen molar-refractivity contribution in [3.8, 4) is 11.1 Å². The Kier molecular flexibility index (Phi) is 7.23. The van der Waals surface area contributed by atoms with Crippen LogP contribution in [0.4, 0.5) is 4.79 Å². The number of carboxylic acid groups (broad SMARTS) is 1. The van der Waals surface area contributed by atoms with Gasteiger partial charge in [-0.05, 0) is 40.7 Å². The summed E-state index contributed by atoms with van der Waals surface area (Å²) in [6.45, 7) is 1.01. The van der Waals surface area contributed by atoms with Gasteiger partial charge in [-0.15, -0.1) is 0 Å². The normalized spacial score (nSPS) is 15.8. The molecule has 1 aliphatic heterocycles. The van der Waals surface area contributed by atoms with E-state index in [-0.39, 0.29) is 30.8 Å². The van der Waals surface area contributed by atoms with Gasteiger partial charge in [0.25, 0.3) is 0 Å². The molecule has 1 heterocycles. The van der Waals surface area contributed by atoms with Crippen LogP contribution in [-0.4, -0.2) is 65.7 Å². The molecule has 2 aromatic carbocycles. The Morgan fingerprint density at radius 2 is 1.70 bits per heavy atom. The van der Waals surface area contributed by atoms with Gasteiger partial charge < -0.3 is 20.1 Å². The smallest absolute Gasteiger partial charge is 0.407 e. The predicted molar refractivity (Wildman–Crippen MR) is 127 cm³/mol. The van der Waals surface area contributed by atoms with Crippen LogP contribution < -0.4 is 5.32 Å². The third kappa shape index (κ3) is 5.16. The summed E-state index contributed by atoms with van der Waals surface area (Å²) in [5.41, 5.74) is 4.57. The van der Waals surface area contributed by atoms with E-state index in [1.54, 1.807) is 16.7 Å². The fraction of sp³-hybridized carbons (Fsp3) is 0.400. The van der Waals surface area contributed by atoms with Crippen molar-refractivity contribution in [1.29, 1.82) is 0 Å². The van der Waals surface area contributed by atoms with E-state index in [0.29, 0.717) is 25.3 Å². The van der Waals surface area contributed by atoms with Crippen molar-refractivity contribution < 1.29 is 24.2 Å². The molecule has 0 bridgehead atoms. The lowest BCUT2D eigenvalue weighted by molar-refractivity contribution is -0.146. The van der Waals surface area contributed by atoms with Crippen molar-refractivity contribution in [3.05, 3.63) is 59.7 Å². The third-order valence-corrected chi connectivity index (χ3v) is 6.92. The molecule has 2 aromatic rings. The summed E-state index contributed by atoms with van der Waals surface area (Å²) in [6, 6.07) is 15.6. The number of benzene rings is 2. The summed E-state index contributed by atoms with van der Waals surface area (Å²) < 4.78 is 5.60. The fourth-order valence-corrected chi connectivity index (χ4v) is 5.09. The highest BCUT2D eigenvalue weighted by Crippen LogP contribution is 2.44. The lowest BCUT2D eigenvalue weighted by Crippen LogP contribution is -2.57. The Morgan fingerprint density at radius 1 is 1.09 bits per heavy atom. The minimum Gasteiger partial charge on any atom is -0.481 e. The van der Waals surface area contributed by atoms with Gasteiger partial charge in [0.15, 0.2) is 0 Å². The zero-order chi connectivity index (χ0) is 23.4. The molecule has 1 aliphatic carbocycles. The Labute approximate surface area is 197 Å². The van der Waals surface area contributed by atoms with E-state index in [2.05, 4.69) is 29.6 Å². The summed E-state index contributed by atoms with van der Waals surface area (Å²) in [6.07, 6.45) is 1.88. The zero-order valence-corrected chi connectivity index (χ0v) is 19.3. The monoisotopic (exact) mass is 468 g/mol. The van der Waals surface area contributed by atoms with Crippen LogP contribution in [-0.2, 0) is 14.3 Å². The average Bonchev–Trinajstić information content (AvgIpc) is 3.10. The summed E-state index contributed by atoms with van der Waals surface area (Å²) in [4.78, 5) is 38.0. The molecular formula is C25H28N2O5S. The van der Waals surface area contributed by atoms with Crippen LogP contribution in [0, 0.1) is 5.92 Å². The first kappa shape index (κ1) is 23.2. The topological polar surface area (TPSA) is 95.9 Å². The first-order chi connectivity index (χ1) is 16.0. The number of carbonyl (C=O) groups is 3. The lowest BCUT2D eigenvalue weighted by Gasteiger charge is -2.40. The molecule has 8 heteroatoms.